The van der Waals surface area contributed by atoms with Gasteiger partial charge in [0.15, 0.2) is 0 Å². The molecule has 1 aliphatic rings. The standard InChI is InChI=1S/C16H25NO2/c1-2-18-13-15-7-4-3-6-14(15)12-17-10-9-16-8-5-11-19-16/h3-4,6-7,16-17H,2,5,8-13H2,1H3. The van der Waals surface area contributed by atoms with Gasteiger partial charge in [0.25, 0.3) is 0 Å². The lowest BCUT2D eigenvalue weighted by molar-refractivity contribution is 0.104. The Kier molecular flexibility index (Phi) is 6.34. The quantitative estimate of drug-likeness (QED) is 0.732. The zero-order valence-electron chi connectivity index (χ0n) is 11.9. The summed E-state index contributed by atoms with van der Waals surface area (Å²) < 4.78 is 11.1. The third-order valence-corrected chi connectivity index (χ3v) is 3.56. The van der Waals surface area contributed by atoms with Crippen molar-refractivity contribution in [3.63, 3.8) is 0 Å². The van der Waals surface area contributed by atoms with E-state index in [0.717, 1.165) is 32.7 Å². The van der Waals surface area contributed by atoms with Gasteiger partial charge in [-0.1, -0.05) is 24.3 Å². The molecule has 0 bridgehead atoms. The van der Waals surface area contributed by atoms with Gasteiger partial charge in [0.05, 0.1) is 12.7 Å². The largest absolute Gasteiger partial charge is 0.378 e. The molecule has 3 nitrogen and oxygen atoms in total. The molecule has 3 heteroatoms. The van der Waals surface area contributed by atoms with Gasteiger partial charge in [-0.3, -0.25) is 0 Å². The smallest absolute Gasteiger partial charge is 0.0719 e. The van der Waals surface area contributed by atoms with Crippen LogP contribution in [-0.4, -0.2) is 25.9 Å². The van der Waals surface area contributed by atoms with Crippen molar-refractivity contribution < 1.29 is 9.47 Å². The third-order valence-electron chi connectivity index (χ3n) is 3.56. The monoisotopic (exact) mass is 263 g/mol. The molecular weight excluding hydrogens is 238 g/mol. The van der Waals surface area contributed by atoms with Crippen molar-refractivity contribution in [2.45, 2.75) is 45.4 Å². The van der Waals surface area contributed by atoms with Crippen LogP contribution in [0.5, 0.6) is 0 Å². The first-order valence-corrected chi connectivity index (χ1v) is 7.37. The molecule has 1 unspecified atom stereocenters. The van der Waals surface area contributed by atoms with Crippen LogP contribution in [0.25, 0.3) is 0 Å². The van der Waals surface area contributed by atoms with Crippen molar-refractivity contribution in [2.75, 3.05) is 19.8 Å². The van der Waals surface area contributed by atoms with Crippen LogP contribution in [0, 0.1) is 0 Å². The van der Waals surface area contributed by atoms with Crippen LogP contribution in [0.4, 0.5) is 0 Å². The predicted octanol–water partition coefficient (Wildman–Crippen LogP) is 2.88. The topological polar surface area (TPSA) is 30.5 Å². The van der Waals surface area contributed by atoms with E-state index >= 15 is 0 Å². The second-order valence-corrected chi connectivity index (χ2v) is 5.01. The Labute approximate surface area is 116 Å². The summed E-state index contributed by atoms with van der Waals surface area (Å²) in [5.41, 5.74) is 2.62. The lowest BCUT2D eigenvalue weighted by Gasteiger charge is -2.12. The highest BCUT2D eigenvalue weighted by atomic mass is 16.5. The lowest BCUT2D eigenvalue weighted by Crippen LogP contribution is -2.20. The SMILES string of the molecule is CCOCc1ccccc1CNCCC1CCCO1. The van der Waals surface area contributed by atoms with E-state index in [4.69, 9.17) is 9.47 Å². The fraction of sp³-hybridized carbons (Fsp3) is 0.625. The molecule has 106 valence electrons. The van der Waals surface area contributed by atoms with E-state index in [1.54, 1.807) is 0 Å². The van der Waals surface area contributed by atoms with Crippen molar-refractivity contribution in [1.82, 2.24) is 5.32 Å². The van der Waals surface area contributed by atoms with E-state index in [2.05, 4.69) is 29.6 Å². The Morgan fingerprint density at radius 3 is 2.89 bits per heavy atom. The summed E-state index contributed by atoms with van der Waals surface area (Å²) in [4.78, 5) is 0. The van der Waals surface area contributed by atoms with Crippen LogP contribution in [0.1, 0.15) is 37.3 Å². The first-order chi connectivity index (χ1) is 9.40. The van der Waals surface area contributed by atoms with Gasteiger partial charge in [-0.05, 0) is 43.9 Å². The minimum absolute atomic E-state index is 0.478. The molecule has 1 N–H and O–H groups in total. The number of rotatable bonds is 8. The molecule has 0 aliphatic carbocycles. The van der Waals surface area contributed by atoms with E-state index in [9.17, 15) is 0 Å². The second-order valence-electron chi connectivity index (χ2n) is 5.01. The fourth-order valence-corrected chi connectivity index (χ4v) is 2.44. The molecule has 0 spiro atoms. The predicted molar refractivity (Wildman–Crippen MR) is 77.1 cm³/mol. The molecule has 1 heterocycles. The highest BCUT2D eigenvalue weighted by Crippen LogP contribution is 2.15. The van der Waals surface area contributed by atoms with Crippen molar-refractivity contribution in [2.24, 2.45) is 0 Å². The molecule has 1 aromatic rings. The first-order valence-electron chi connectivity index (χ1n) is 7.37. The van der Waals surface area contributed by atoms with Crippen LogP contribution in [-0.2, 0) is 22.6 Å². The Balaban J connectivity index is 1.72. The Bertz CT molecular complexity index is 362. The van der Waals surface area contributed by atoms with Gasteiger partial charge in [0.1, 0.15) is 0 Å². The average molecular weight is 263 g/mol. The van der Waals surface area contributed by atoms with E-state index in [-0.39, 0.29) is 0 Å². The molecule has 0 saturated carbocycles. The zero-order valence-corrected chi connectivity index (χ0v) is 11.9. The normalized spacial score (nSPS) is 18.9. The fourth-order valence-electron chi connectivity index (χ4n) is 2.44. The van der Waals surface area contributed by atoms with Crippen LogP contribution < -0.4 is 5.32 Å². The summed E-state index contributed by atoms with van der Waals surface area (Å²) in [6, 6.07) is 8.48. The Morgan fingerprint density at radius 2 is 2.16 bits per heavy atom. The first kappa shape index (κ1) is 14.5. The summed E-state index contributed by atoms with van der Waals surface area (Å²) in [7, 11) is 0. The maximum absolute atomic E-state index is 5.62. The van der Waals surface area contributed by atoms with Gasteiger partial charge in [-0.25, -0.2) is 0 Å². The molecule has 1 fully saturated rings. The lowest BCUT2D eigenvalue weighted by atomic mass is 10.1. The van der Waals surface area contributed by atoms with Crippen molar-refractivity contribution >= 4 is 0 Å². The minimum Gasteiger partial charge on any atom is -0.378 e. The third kappa shape index (κ3) is 4.94. The minimum atomic E-state index is 0.478. The summed E-state index contributed by atoms with van der Waals surface area (Å²) in [5, 5.41) is 3.51. The zero-order chi connectivity index (χ0) is 13.3. The molecule has 1 atom stereocenters. The van der Waals surface area contributed by atoms with Crippen molar-refractivity contribution in [3.8, 4) is 0 Å². The number of hydrogen-bond donors (Lipinski definition) is 1. The van der Waals surface area contributed by atoms with Gasteiger partial charge in [-0.15, -0.1) is 0 Å². The van der Waals surface area contributed by atoms with Crippen LogP contribution in [0.2, 0.25) is 0 Å². The van der Waals surface area contributed by atoms with Crippen LogP contribution in [0.15, 0.2) is 24.3 Å². The molecule has 1 aliphatic heterocycles. The van der Waals surface area contributed by atoms with E-state index < -0.39 is 0 Å². The number of ether oxygens (including phenoxy) is 2. The summed E-state index contributed by atoms with van der Waals surface area (Å²) >= 11 is 0. The van der Waals surface area contributed by atoms with Gasteiger partial charge < -0.3 is 14.8 Å². The Hall–Kier alpha value is -0.900. The van der Waals surface area contributed by atoms with E-state index in [0.29, 0.717) is 12.7 Å². The highest BCUT2D eigenvalue weighted by Gasteiger charge is 2.14. The number of benzene rings is 1. The van der Waals surface area contributed by atoms with Gasteiger partial charge in [-0.2, -0.15) is 0 Å². The van der Waals surface area contributed by atoms with Crippen molar-refractivity contribution in [1.29, 1.82) is 0 Å². The number of hydrogen-bond acceptors (Lipinski definition) is 3. The molecule has 1 saturated heterocycles. The number of nitrogens with one attached hydrogen (secondary N) is 1. The average Bonchev–Trinajstić information content (AvgIpc) is 2.95. The summed E-state index contributed by atoms with van der Waals surface area (Å²) in [6.07, 6.45) is 4.05. The van der Waals surface area contributed by atoms with Crippen LogP contribution >= 0.6 is 0 Å². The van der Waals surface area contributed by atoms with Gasteiger partial charge >= 0.3 is 0 Å². The molecule has 19 heavy (non-hydrogen) atoms. The molecule has 0 radical (unpaired) electrons. The maximum Gasteiger partial charge on any atom is 0.0719 e. The second kappa shape index (κ2) is 8.31. The molecule has 2 rings (SSSR count). The molecule has 1 aromatic carbocycles. The summed E-state index contributed by atoms with van der Waals surface area (Å²) in [6.45, 7) is 6.38. The van der Waals surface area contributed by atoms with Crippen LogP contribution in [0.3, 0.4) is 0 Å². The van der Waals surface area contributed by atoms with Crippen molar-refractivity contribution in [3.05, 3.63) is 35.4 Å². The van der Waals surface area contributed by atoms with Gasteiger partial charge in [0.2, 0.25) is 0 Å². The Morgan fingerprint density at radius 1 is 1.32 bits per heavy atom. The molecular formula is C16H25NO2. The molecule has 0 amide bonds. The maximum atomic E-state index is 5.62. The highest BCUT2D eigenvalue weighted by molar-refractivity contribution is 5.26. The van der Waals surface area contributed by atoms with E-state index in [1.807, 2.05) is 6.92 Å². The molecule has 0 aromatic heterocycles. The van der Waals surface area contributed by atoms with E-state index in [1.165, 1.54) is 24.0 Å². The van der Waals surface area contributed by atoms with Gasteiger partial charge in [0, 0.05) is 19.8 Å². The summed E-state index contributed by atoms with van der Waals surface area (Å²) in [5.74, 6) is 0.